The van der Waals surface area contributed by atoms with Gasteiger partial charge in [0.1, 0.15) is 18.1 Å². The minimum absolute atomic E-state index is 0.0833. The second kappa shape index (κ2) is 10.7. The van der Waals surface area contributed by atoms with Crippen molar-refractivity contribution in [3.8, 4) is 5.75 Å². The Morgan fingerprint density at radius 2 is 1.89 bits per heavy atom. The van der Waals surface area contributed by atoms with Gasteiger partial charge in [0, 0.05) is 25.6 Å². The van der Waals surface area contributed by atoms with Crippen LogP contribution in [0.1, 0.15) is 70.3 Å². The number of hydrogen-bond acceptors (Lipinski definition) is 5. The summed E-state index contributed by atoms with van der Waals surface area (Å²) < 4.78 is 17.4. The number of hydrogen-bond donors (Lipinski definition) is 1. The van der Waals surface area contributed by atoms with Crippen LogP contribution in [0.3, 0.4) is 0 Å². The molecule has 7 heteroatoms. The number of nitrogens with zero attached hydrogens (tertiary/aromatic N) is 1. The third-order valence-electron chi connectivity index (χ3n) is 7.73. The van der Waals surface area contributed by atoms with E-state index in [1.807, 2.05) is 6.07 Å². The molecule has 3 heterocycles. The fourth-order valence-corrected chi connectivity index (χ4v) is 5.42. The molecule has 1 saturated heterocycles. The number of aryl methyl sites for hydroxylation is 1. The van der Waals surface area contributed by atoms with Crippen molar-refractivity contribution >= 4 is 11.8 Å². The molecule has 0 unspecified atom stereocenters. The SMILES string of the molecule is Cc1ccc([C@H]2c3cc(OCc4ccc(C(=O)NC[C@@H]5CCCO5)o4)ccc3CCN2C(=O)C2CC2)cc1. The molecule has 0 radical (unpaired) electrons. The van der Waals surface area contributed by atoms with E-state index in [1.54, 1.807) is 12.1 Å². The second-order valence-electron chi connectivity index (χ2n) is 10.6. The first-order valence-electron chi connectivity index (χ1n) is 13.7. The summed E-state index contributed by atoms with van der Waals surface area (Å²) in [5, 5.41) is 2.88. The summed E-state index contributed by atoms with van der Waals surface area (Å²) in [5.74, 6) is 1.73. The van der Waals surface area contributed by atoms with Crippen LogP contribution in [0.4, 0.5) is 0 Å². The van der Waals surface area contributed by atoms with Crippen LogP contribution in [0.2, 0.25) is 0 Å². The number of fused-ring (bicyclic) bond motifs is 1. The predicted octanol–water partition coefficient (Wildman–Crippen LogP) is 4.96. The number of nitrogens with one attached hydrogen (secondary N) is 1. The molecule has 0 spiro atoms. The van der Waals surface area contributed by atoms with Crippen LogP contribution in [0.25, 0.3) is 0 Å². The monoisotopic (exact) mass is 514 g/mol. The highest BCUT2D eigenvalue weighted by molar-refractivity contribution is 5.91. The highest BCUT2D eigenvalue weighted by atomic mass is 16.5. The Kier molecular flexibility index (Phi) is 6.94. The summed E-state index contributed by atoms with van der Waals surface area (Å²) in [6.45, 7) is 4.25. The Hall–Kier alpha value is -3.58. The number of ether oxygens (including phenoxy) is 2. The first kappa shape index (κ1) is 24.7. The molecule has 1 N–H and O–H groups in total. The van der Waals surface area contributed by atoms with E-state index in [4.69, 9.17) is 13.9 Å². The zero-order chi connectivity index (χ0) is 26.1. The molecule has 1 saturated carbocycles. The normalized spacial score (nSPS) is 20.7. The molecule has 1 aromatic heterocycles. The van der Waals surface area contributed by atoms with Crippen molar-refractivity contribution in [1.29, 1.82) is 0 Å². The molecule has 1 aliphatic carbocycles. The maximum Gasteiger partial charge on any atom is 0.287 e. The molecular weight excluding hydrogens is 480 g/mol. The van der Waals surface area contributed by atoms with E-state index >= 15 is 0 Å². The molecule has 3 aliphatic rings. The van der Waals surface area contributed by atoms with Crippen LogP contribution >= 0.6 is 0 Å². The van der Waals surface area contributed by atoms with Gasteiger partial charge in [-0.3, -0.25) is 9.59 Å². The van der Waals surface area contributed by atoms with E-state index < -0.39 is 0 Å². The lowest BCUT2D eigenvalue weighted by Crippen LogP contribution is -2.41. The first-order valence-corrected chi connectivity index (χ1v) is 13.7. The standard InChI is InChI=1S/C31H34N2O5/c1-20-4-6-22(7-5-20)29-27-17-24(11-10-21(27)14-15-33(29)31(35)23-8-9-23)37-19-26-12-13-28(38-26)30(34)32-18-25-3-2-16-36-25/h4-7,10-13,17,23,25,29H,2-3,8-9,14-16,18-19H2,1H3,(H,32,34)/t25-,29-/m0/s1. The Balaban J connectivity index is 1.16. The lowest BCUT2D eigenvalue weighted by Gasteiger charge is -2.38. The number of carbonyl (C=O) groups excluding carboxylic acids is 2. The number of benzene rings is 2. The topological polar surface area (TPSA) is 81.0 Å². The summed E-state index contributed by atoms with van der Waals surface area (Å²) in [7, 11) is 0. The molecule has 2 aliphatic heterocycles. The summed E-state index contributed by atoms with van der Waals surface area (Å²) in [4.78, 5) is 27.7. The van der Waals surface area contributed by atoms with Crippen LogP contribution < -0.4 is 10.1 Å². The Morgan fingerprint density at radius 1 is 1.05 bits per heavy atom. The van der Waals surface area contributed by atoms with E-state index in [0.717, 1.165) is 56.4 Å². The van der Waals surface area contributed by atoms with Gasteiger partial charge in [-0.15, -0.1) is 0 Å². The van der Waals surface area contributed by atoms with Crippen LogP contribution in [0.15, 0.2) is 59.0 Å². The van der Waals surface area contributed by atoms with Gasteiger partial charge in [0.25, 0.3) is 5.91 Å². The predicted molar refractivity (Wildman–Crippen MR) is 142 cm³/mol. The lowest BCUT2D eigenvalue weighted by atomic mass is 9.87. The van der Waals surface area contributed by atoms with Crippen molar-refractivity contribution in [3.63, 3.8) is 0 Å². The van der Waals surface area contributed by atoms with E-state index in [-0.39, 0.29) is 42.2 Å². The summed E-state index contributed by atoms with van der Waals surface area (Å²) in [6.07, 6.45) is 4.90. The van der Waals surface area contributed by atoms with Crippen molar-refractivity contribution in [2.45, 2.75) is 57.8 Å². The van der Waals surface area contributed by atoms with Crippen molar-refractivity contribution < 1.29 is 23.5 Å². The Labute approximate surface area is 223 Å². The number of carbonyl (C=O) groups is 2. The molecule has 2 fully saturated rings. The average Bonchev–Trinajstić information content (AvgIpc) is 3.44. The molecule has 0 bridgehead atoms. The largest absolute Gasteiger partial charge is 0.486 e. The molecular formula is C31H34N2O5. The zero-order valence-electron chi connectivity index (χ0n) is 21.8. The van der Waals surface area contributed by atoms with Gasteiger partial charge in [0.15, 0.2) is 5.76 Å². The molecule has 3 aromatic rings. The minimum atomic E-state index is -0.248. The zero-order valence-corrected chi connectivity index (χ0v) is 21.8. The van der Waals surface area contributed by atoms with Crippen LogP contribution in [0.5, 0.6) is 5.75 Å². The van der Waals surface area contributed by atoms with Gasteiger partial charge in [-0.2, -0.15) is 0 Å². The van der Waals surface area contributed by atoms with Crippen molar-refractivity contribution in [2.24, 2.45) is 5.92 Å². The molecule has 6 rings (SSSR count). The third-order valence-corrected chi connectivity index (χ3v) is 7.73. The average molecular weight is 515 g/mol. The van der Waals surface area contributed by atoms with Crippen molar-refractivity contribution in [2.75, 3.05) is 19.7 Å². The number of furan rings is 1. The highest BCUT2D eigenvalue weighted by Gasteiger charge is 2.39. The van der Waals surface area contributed by atoms with Crippen LogP contribution in [-0.4, -0.2) is 42.5 Å². The van der Waals surface area contributed by atoms with Gasteiger partial charge in [0.05, 0.1) is 12.1 Å². The maximum absolute atomic E-state index is 13.2. The van der Waals surface area contributed by atoms with Gasteiger partial charge in [0.2, 0.25) is 5.91 Å². The molecule has 38 heavy (non-hydrogen) atoms. The fraction of sp³-hybridized carbons (Fsp3) is 0.419. The van der Waals surface area contributed by atoms with Crippen molar-refractivity contribution in [3.05, 3.63) is 88.4 Å². The van der Waals surface area contributed by atoms with Gasteiger partial charge < -0.3 is 24.1 Å². The number of amides is 2. The maximum atomic E-state index is 13.2. The Bertz CT molecular complexity index is 1300. The lowest BCUT2D eigenvalue weighted by molar-refractivity contribution is -0.134. The van der Waals surface area contributed by atoms with E-state index in [2.05, 4.69) is 53.5 Å². The minimum Gasteiger partial charge on any atom is -0.486 e. The molecule has 2 aromatic carbocycles. The molecule has 2 atom stereocenters. The van der Waals surface area contributed by atoms with Gasteiger partial charge in [-0.05, 0) is 80.0 Å². The smallest absolute Gasteiger partial charge is 0.287 e. The van der Waals surface area contributed by atoms with E-state index in [0.29, 0.717) is 18.1 Å². The van der Waals surface area contributed by atoms with E-state index in [1.165, 1.54) is 11.1 Å². The quantitative estimate of drug-likeness (QED) is 0.460. The Morgan fingerprint density at radius 3 is 2.66 bits per heavy atom. The van der Waals surface area contributed by atoms with Gasteiger partial charge in [-0.25, -0.2) is 0 Å². The molecule has 7 nitrogen and oxygen atoms in total. The second-order valence-corrected chi connectivity index (χ2v) is 10.6. The summed E-state index contributed by atoms with van der Waals surface area (Å²) in [5.41, 5.74) is 4.67. The summed E-state index contributed by atoms with van der Waals surface area (Å²) in [6, 6.07) is 17.9. The highest BCUT2D eigenvalue weighted by Crippen LogP contribution is 2.41. The number of rotatable bonds is 8. The van der Waals surface area contributed by atoms with Gasteiger partial charge >= 0.3 is 0 Å². The molecule has 2 amide bonds. The van der Waals surface area contributed by atoms with Crippen LogP contribution in [0, 0.1) is 12.8 Å². The molecule has 198 valence electrons. The van der Waals surface area contributed by atoms with E-state index in [9.17, 15) is 9.59 Å². The summed E-state index contributed by atoms with van der Waals surface area (Å²) >= 11 is 0. The van der Waals surface area contributed by atoms with Crippen LogP contribution in [-0.2, 0) is 22.6 Å². The first-order chi connectivity index (χ1) is 18.5. The van der Waals surface area contributed by atoms with Crippen molar-refractivity contribution in [1.82, 2.24) is 10.2 Å². The third kappa shape index (κ3) is 5.34. The fourth-order valence-electron chi connectivity index (χ4n) is 5.42. The van der Waals surface area contributed by atoms with Gasteiger partial charge in [-0.1, -0.05) is 35.9 Å².